The number of amides is 1. The van der Waals surface area contributed by atoms with Crippen LogP contribution in [0, 0.1) is 5.82 Å². The second-order valence-electron chi connectivity index (χ2n) is 7.68. The van der Waals surface area contributed by atoms with Crippen LogP contribution in [0.2, 0.25) is 0 Å². The Bertz CT molecular complexity index is 949. The molecule has 0 radical (unpaired) electrons. The summed E-state index contributed by atoms with van der Waals surface area (Å²) in [7, 11) is -3.68. The minimum atomic E-state index is -3.68. The molecular formula is C22H28FN3O3S. The quantitative estimate of drug-likeness (QED) is 0.703. The molecule has 0 spiro atoms. The van der Waals surface area contributed by atoms with Crippen molar-refractivity contribution in [2.75, 3.05) is 37.6 Å². The van der Waals surface area contributed by atoms with E-state index < -0.39 is 15.8 Å². The van der Waals surface area contributed by atoms with Crippen LogP contribution in [-0.4, -0.2) is 62.3 Å². The van der Waals surface area contributed by atoms with Crippen LogP contribution in [0.4, 0.5) is 10.1 Å². The number of nitrogens with zero attached hydrogens (tertiary/aromatic N) is 3. The number of para-hydroxylation sites is 1. The highest BCUT2D eigenvalue weighted by Crippen LogP contribution is 2.20. The lowest BCUT2D eigenvalue weighted by Gasteiger charge is -2.30. The zero-order valence-corrected chi connectivity index (χ0v) is 18.2. The molecule has 0 atom stereocenters. The number of anilines is 1. The first-order valence-corrected chi connectivity index (χ1v) is 11.6. The van der Waals surface area contributed by atoms with Crippen molar-refractivity contribution in [3.8, 4) is 0 Å². The number of rotatable bonds is 6. The molecule has 0 bridgehead atoms. The zero-order valence-electron chi connectivity index (χ0n) is 17.4. The van der Waals surface area contributed by atoms with Crippen LogP contribution in [0.5, 0.6) is 0 Å². The second kappa shape index (κ2) is 9.68. The average Bonchev–Trinajstić information content (AvgIpc) is 2.95. The molecule has 0 unspecified atom stereocenters. The summed E-state index contributed by atoms with van der Waals surface area (Å²) in [6, 6.07) is 14.5. The van der Waals surface area contributed by atoms with Gasteiger partial charge in [-0.25, -0.2) is 12.8 Å². The van der Waals surface area contributed by atoms with Gasteiger partial charge in [0.15, 0.2) is 0 Å². The fourth-order valence-electron chi connectivity index (χ4n) is 3.69. The molecule has 1 amide bonds. The monoisotopic (exact) mass is 433 g/mol. The summed E-state index contributed by atoms with van der Waals surface area (Å²) in [4.78, 5) is 16.9. The molecule has 1 fully saturated rings. The van der Waals surface area contributed by atoms with Crippen molar-refractivity contribution in [2.24, 2.45) is 0 Å². The van der Waals surface area contributed by atoms with E-state index in [0.29, 0.717) is 32.6 Å². The maximum absolute atomic E-state index is 13.1. The fraction of sp³-hybridized carbons (Fsp3) is 0.409. The second-order valence-corrected chi connectivity index (χ2v) is 9.62. The number of sulfonamides is 1. The molecule has 6 nitrogen and oxygen atoms in total. The molecule has 0 saturated carbocycles. The third-order valence-corrected chi connectivity index (χ3v) is 7.09. The molecule has 1 saturated heterocycles. The van der Waals surface area contributed by atoms with Gasteiger partial charge in [-0.2, -0.15) is 4.31 Å². The third kappa shape index (κ3) is 5.24. The van der Waals surface area contributed by atoms with Gasteiger partial charge in [0.1, 0.15) is 5.82 Å². The summed E-state index contributed by atoms with van der Waals surface area (Å²) < 4.78 is 40.3. The lowest BCUT2D eigenvalue weighted by Crippen LogP contribution is -2.45. The van der Waals surface area contributed by atoms with Crippen molar-refractivity contribution in [3.05, 3.63) is 60.4 Å². The van der Waals surface area contributed by atoms with Crippen LogP contribution in [0.1, 0.15) is 20.3 Å². The first kappa shape index (κ1) is 22.4. The van der Waals surface area contributed by atoms with E-state index in [9.17, 15) is 17.6 Å². The summed E-state index contributed by atoms with van der Waals surface area (Å²) >= 11 is 0. The normalized spacial score (nSPS) is 16.4. The Morgan fingerprint density at radius 1 is 1.00 bits per heavy atom. The molecule has 3 rings (SSSR count). The molecule has 8 heteroatoms. The highest BCUT2D eigenvalue weighted by molar-refractivity contribution is 7.89. The summed E-state index contributed by atoms with van der Waals surface area (Å²) in [5.41, 5.74) is 0.854. The standard InChI is InChI=1S/C22H28FN3O3S/c1-18(2)26(20-7-4-3-5-8-20)22(27)17-24-13-6-14-25(16-15-24)30(28,29)21-11-9-19(23)10-12-21/h3-5,7-12,18H,6,13-17H2,1-2H3. The smallest absolute Gasteiger partial charge is 0.243 e. The molecule has 2 aromatic carbocycles. The van der Waals surface area contributed by atoms with Crippen molar-refractivity contribution in [2.45, 2.75) is 31.2 Å². The van der Waals surface area contributed by atoms with Crippen molar-refractivity contribution in [3.63, 3.8) is 0 Å². The minimum Gasteiger partial charge on any atom is -0.309 e. The molecule has 2 aromatic rings. The van der Waals surface area contributed by atoms with E-state index in [4.69, 9.17) is 0 Å². The van der Waals surface area contributed by atoms with Gasteiger partial charge < -0.3 is 4.90 Å². The fourth-order valence-corrected chi connectivity index (χ4v) is 5.16. The lowest BCUT2D eigenvalue weighted by molar-refractivity contribution is -0.120. The van der Waals surface area contributed by atoms with E-state index in [1.165, 1.54) is 16.4 Å². The Labute approximate surface area is 177 Å². The molecular weight excluding hydrogens is 405 g/mol. The molecule has 1 heterocycles. The number of hydrogen-bond donors (Lipinski definition) is 0. The Morgan fingerprint density at radius 3 is 2.30 bits per heavy atom. The number of benzene rings is 2. The maximum atomic E-state index is 13.1. The van der Waals surface area contributed by atoms with Gasteiger partial charge in [-0.1, -0.05) is 18.2 Å². The SMILES string of the molecule is CC(C)N(C(=O)CN1CCCN(S(=O)(=O)c2ccc(F)cc2)CC1)c1ccccc1. The van der Waals surface area contributed by atoms with Gasteiger partial charge in [0, 0.05) is 31.4 Å². The number of halogens is 1. The summed E-state index contributed by atoms with van der Waals surface area (Å²) in [5, 5.41) is 0. The topological polar surface area (TPSA) is 60.9 Å². The van der Waals surface area contributed by atoms with Crippen LogP contribution in [0.15, 0.2) is 59.5 Å². The number of hydrogen-bond acceptors (Lipinski definition) is 4. The largest absolute Gasteiger partial charge is 0.309 e. The van der Waals surface area contributed by atoms with Gasteiger partial charge in [-0.3, -0.25) is 9.69 Å². The lowest BCUT2D eigenvalue weighted by atomic mass is 10.2. The third-order valence-electron chi connectivity index (χ3n) is 5.18. The number of carbonyl (C=O) groups excluding carboxylic acids is 1. The van der Waals surface area contributed by atoms with Crippen molar-refractivity contribution >= 4 is 21.6 Å². The van der Waals surface area contributed by atoms with E-state index in [2.05, 4.69) is 0 Å². The van der Waals surface area contributed by atoms with Gasteiger partial charge >= 0.3 is 0 Å². The van der Waals surface area contributed by atoms with Crippen LogP contribution >= 0.6 is 0 Å². The molecule has 0 aromatic heterocycles. The zero-order chi connectivity index (χ0) is 21.7. The molecule has 0 aliphatic carbocycles. The molecule has 30 heavy (non-hydrogen) atoms. The van der Waals surface area contributed by atoms with E-state index in [1.54, 1.807) is 4.90 Å². The Kier molecular flexibility index (Phi) is 7.23. The van der Waals surface area contributed by atoms with Crippen molar-refractivity contribution in [1.29, 1.82) is 0 Å². The Balaban J connectivity index is 1.66. The first-order chi connectivity index (χ1) is 14.3. The van der Waals surface area contributed by atoms with Gasteiger partial charge in [-0.15, -0.1) is 0 Å². The minimum absolute atomic E-state index is 0.00829. The average molecular weight is 434 g/mol. The van der Waals surface area contributed by atoms with Crippen LogP contribution < -0.4 is 4.90 Å². The van der Waals surface area contributed by atoms with Crippen molar-refractivity contribution < 1.29 is 17.6 Å². The van der Waals surface area contributed by atoms with Crippen LogP contribution in [-0.2, 0) is 14.8 Å². The van der Waals surface area contributed by atoms with E-state index in [1.807, 2.05) is 49.1 Å². The van der Waals surface area contributed by atoms with Gasteiger partial charge in [0.25, 0.3) is 0 Å². The van der Waals surface area contributed by atoms with Crippen molar-refractivity contribution in [1.82, 2.24) is 9.21 Å². The molecule has 0 N–H and O–H groups in total. The van der Waals surface area contributed by atoms with Gasteiger partial charge in [0.2, 0.25) is 15.9 Å². The summed E-state index contributed by atoms with van der Waals surface area (Å²) in [6.45, 7) is 5.96. The van der Waals surface area contributed by atoms with Gasteiger partial charge in [0.05, 0.1) is 11.4 Å². The van der Waals surface area contributed by atoms with Gasteiger partial charge in [-0.05, 0) is 63.2 Å². The summed E-state index contributed by atoms with van der Waals surface area (Å²) in [5.74, 6) is -0.478. The van der Waals surface area contributed by atoms with Crippen LogP contribution in [0.25, 0.3) is 0 Å². The maximum Gasteiger partial charge on any atom is 0.243 e. The highest BCUT2D eigenvalue weighted by Gasteiger charge is 2.28. The van der Waals surface area contributed by atoms with E-state index >= 15 is 0 Å². The predicted molar refractivity (Wildman–Crippen MR) is 115 cm³/mol. The number of carbonyl (C=O) groups is 1. The van der Waals surface area contributed by atoms with Crippen LogP contribution in [0.3, 0.4) is 0 Å². The summed E-state index contributed by atoms with van der Waals surface area (Å²) in [6.07, 6.45) is 0.626. The van der Waals surface area contributed by atoms with E-state index in [0.717, 1.165) is 17.8 Å². The van der Waals surface area contributed by atoms with E-state index in [-0.39, 0.29) is 23.4 Å². The Morgan fingerprint density at radius 2 is 1.67 bits per heavy atom. The predicted octanol–water partition coefficient (Wildman–Crippen LogP) is 2.96. The molecule has 1 aliphatic rings. The molecule has 162 valence electrons. The Hall–Kier alpha value is -2.29. The highest BCUT2D eigenvalue weighted by atomic mass is 32.2. The molecule has 1 aliphatic heterocycles. The first-order valence-electron chi connectivity index (χ1n) is 10.1.